The van der Waals surface area contributed by atoms with Gasteiger partial charge in [-0.05, 0) is 19.1 Å². The molecule has 0 radical (unpaired) electrons. The van der Waals surface area contributed by atoms with Gasteiger partial charge in [0, 0.05) is 24.4 Å². The first-order valence-corrected chi connectivity index (χ1v) is 8.61. The van der Waals surface area contributed by atoms with Crippen LogP contribution < -0.4 is 5.32 Å². The molecule has 1 saturated heterocycles. The van der Waals surface area contributed by atoms with E-state index >= 15 is 0 Å². The lowest BCUT2D eigenvalue weighted by Crippen LogP contribution is -2.53. The minimum absolute atomic E-state index is 0.209. The van der Waals surface area contributed by atoms with Crippen molar-refractivity contribution < 1.29 is 19.7 Å². The first-order chi connectivity index (χ1) is 13.1. The second-order valence-corrected chi connectivity index (χ2v) is 6.52. The molecule has 4 heterocycles. The summed E-state index contributed by atoms with van der Waals surface area (Å²) < 4.78 is 7.55. The van der Waals surface area contributed by atoms with Crippen LogP contribution in [-0.2, 0) is 9.53 Å². The van der Waals surface area contributed by atoms with Gasteiger partial charge in [0.15, 0.2) is 0 Å². The molecule has 2 aliphatic rings. The van der Waals surface area contributed by atoms with E-state index in [9.17, 15) is 15.0 Å². The number of pyridine rings is 1. The summed E-state index contributed by atoms with van der Waals surface area (Å²) in [7, 11) is 0. The highest BCUT2D eigenvalue weighted by atomic mass is 16.5. The zero-order chi connectivity index (χ0) is 19.0. The summed E-state index contributed by atoms with van der Waals surface area (Å²) in [5.74, 6) is -0.330. The summed E-state index contributed by atoms with van der Waals surface area (Å²) in [6.45, 7) is 1.44. The molecule has 2 aromatic heterocycles. The normalized spacial score (nSPS) is 28.2. The predicted molar refractivity (Wildman–Crippen MR) is 92.4 cm³/mol. The molecule has 2 aliphatic heterocycles. The Bertz CT molecular complexity index is 854. The molecule has 0 aliphatic carbocycles. The van der Waals surface area contributed by atoms with Crippen LogP contribution >= 0.6 is 0 Å². The molecular weight excluding hydrogens is 352 g/mol. The molecule has 10 nitrogen and oxygen atoms in total. The molecule has 0 aromatic carbocycles. The number of carbonyl (C=O) groups is 1. The number of aliphatic hydroxyl groups is 2. The van der Waals surface area contributed by atoms with Gasteiger partial charge in [-0.3, -0.25) is 9.78 Å². The number of hydrogen-bond acceptors (Lipinski definition) is 8. The number of aromatic nitrogens is 4. The Hall–Kier alpha value is -2.82. The van der Waals surface area contributed by atoms with Crippen LogP contribution in [0, 0.1) is 0 Å². The van der Waals surface area contributed by atoms with E-state index in [0.717, 1.165) is 0 Å². The average Bonchev–Trinajstić information content (AvgIpc) is 3.32. The van der Waals surface area contributed by atoms with Crippen LogP contribution in [0.1, 0.15) is 19.4 Å². The maximum atomic E-state index is 11.6. The molecule has 1 amide bonds. The van der Waals surface area contributed by atoms with Crippen LogP contribution in [0.2, 0.25) is 0 Å². The minimum atomic E-state index is -1.19. The van der Waals surface area contributed by atoms with Gasteiger partial charge < -0.3 is 25.2 Å². The number of carbonyl (C=O) groups excluding carboxylic acids is 1. The van der Waals surface area contributed by atoms with Gasteiger partial charge in [-0.25, -0.2) is 4.68 Å². The van der Waals surface area contributed by atoms with Crippen LogP contribution in [0.25, 0.3) is 11.4 Å². The van der Waals surface area contributed by atoms with E-state index in [-0.39, 0.29) is 18.6 Å². The lowest BCUT2D eigenvalue weighted by Gasteiger charge is -2.35. The molecule has 3 N–H and O–H groups in total. The molecule has 27 heavy (non-hydrogen) atoms. The summed E-state index contributed by atoms with van der Waals surface area (Å²) in [5, 5.41) is 30.7. The number of hydrogen-bond donors (Lipinski definition) is 3. The van der Waals surface area contributed by atoms with Crippen molar-refractivity contribution in [2.24, 2.45) is 0 Å². The zero-order valence-corrected chi connectivity index (χ0v) is 14.6. The fraction of sp³-hybridized carbons (Fsp3) is 0.412. The van der Waals surface area contributed by atoms with Crippen LogP contribution in [0.4, 0.5) is 0 Å². The highest BCUT2D eigenvalue weighted by Gasteiger charge is 2.42. The molecule has 1 fully saturated rings. The smallest absolute Gasteiger partial charge is 0.251 e. The summed E-state index contributed by atoms with van der Waals surface area (Å²) in [5.41, 5.74) is 1.79. The van der Waals surface area contributed by atoms with Crippen molar-refractivity contribution in [2.45, 2.75) is 38.1 Å². The van der Waals surface area contributed by atoms with Gasteiger partial charge >= 0.3 is 0 Å². The number of rotatable bonds is 4. The highest BCUT2D eigenvalue weighted by Crippen LogP contribution is 2.34. The summed E-state index contributed by atoms with van der Waals surface area (Å²) >= 11 is 0. The predicted octanol–water partition coefficient (Wildman–Crippen LogP) is -0.400. The molecule has 0 saturated carbocycles. The largest absolute Gasteiger partial charge is 0.394 e. The Labute approximate surface area is 155 Å². The van der Waals surface area contributed by atoms with Crippen molar-refractivity contribution in [3.8, 4) is 11.4 Å². The quantitative estimate of drug-likeness (QED) is 0.662. The van der Waals surface area contributed by atoms with Crippen molar-refractivity contribution in [1.82, 2.24) is 30.2 Å². The van der Waals surface area contributed by atoms with E-state index in [1.165, 1.54) is 4.90 Å². The summed E-state index contributed by atoms with van der Waals surface area (Å²) in [6.07, 6.45) is 3.21. The summed E-state index contributed by atoms with van der Waals surface area (Å²) in [6, 6.07) is 5.26. The van der Waals surface area contributed by atoms with E-state index < -0.39 is 18.7 Å². The molecule has 1 unspecified atom stereocenters. The molecule has 4 rings (SSSR count). The topological polar surface area (TPSA) is 126 Å². The average molecular weight is 372 g/mol. The molecule has 2 aromatic rings. The lowest BCUT2D eigenvalue weighted by molar-refractivity contribution is -0.142. The van der Waals surface area contributed by atoms with Crippen molar-refractivity contribution in [3.63, 3.8) is 0 Å². The summed E-state index contributed by atoms with van der Waals surface area (Å²) in [4.78, 5) is 17.4. The van der Waals surface area contributed by atoms with Crippen molar-refractivity contribution in [2.75, 3.05) is 6.61 Å². The van der Waals surface area contributed by atoms with Crippen LogP contribution in [0.15, 0.2) is 42.4 Å². The maximum Gasteiger partial charge on any atom is 0.251 e. The highest BCUT2D eigenvalue weighted by molar-refractivity contribution is 5.93. The first kappa shape index (κ1) is 17.6. The van der Waals surface area contributed by atoms with Gasteiger partial charge in [0.05, 0.1) is 24.5 Å². The number of ether oxygens (including phenoxy) is 1. The molecule has 4 atom stereocenters. The van der Waals surface area contributed by atoms with Crippen molar-refractivity contribution in [1.29, 1.82) is 0 Å². The third-order valence-corrected chi connectivity index (χ3v) is 4.74. The Morgan fingerprint density at radius 2 is 2.22 bits per heavy atom. The molecule has 0 spiro atoms. The monoisotopic (exact) mass is 372 g/mol. The standard InChI is InChI=1S/C17H20N6O4/c1-10-7-22(17(26)19-16(10)25)15-6-13(14(9-24)27-15)23-8-12(20-21-23)11-4-2-3-5-18-11/h2-5,7-8,13-15,17,24,26H,6,9H2,1H3,(H,19,25)/t13-,14+,15+,17?/m0/s1. The number of amides is 1. The van der Waals surface area contributed by atoms with Gasteiger partial charge in [0.25, 0.3) is 5.91 Å². The van der Waals surface area contributed by atoms with Gasteiger partial charge in [-0.2, -0.15) is 0 Å². The number of nitrogens with zero attached hydrogens (tertiary/aromatic N) is 5. The third kappa shape index (κ3) is 3.29. The number of aliphatic hydroxyl groups excluding tert-OH is 2. The van der Waals surface area contributed by atoms with Gasteiger partial charge in [-0.1, -0.05) is 11.3 Å². The van der Waals surface area contributed by atoms with Crippen LogP contribution in [0.5, 0.6) is 0 Å². The Balaban J connectivity index is 1.56. The Morgan fingerprint density at radius 3 is 2.96 bits per heavy atom. The Kier molecular flexibility index (Phi) is 4.60. The van der Waals surface area contributed by atoms with Gasteiger partial charge in [-0.15, -0.1) is 5.10 Å². The fourth-order valence-corrected chi connectivity index (χ4v) is 3.31. The number of nitrogens with one attached hydrogen (secondary N) is 1. The van der Waals surface area contributed by atoms with E-state index in [1.807, 2.05) is 18.2 Å². The first-order valence-electron chi connectivity index (χ1n) is 8.61. The molecule has 142 valence electrons. The second kappa shape index (κ2) is 7.06. The van der Waals surface area contributed by atoms with E-state index in [2.05, 4.69) is 20.6 Å². The maximum absolute atomic E-state index is 11.6. The van der Waals surface area contributed by atoms with E-state index in [1.54, 1.807) is 30.2 Å². The molecular formula is C17H20N6O4. The van der Waals surface area contributed by atoms with Crippen molar-refractivity contribution in [3.05, 3.63) is 42.4 Å². The van der Waals surface area contributed by atoms with Gasteiger partial charge in [0.2, 0.25) is 6.35 Å². The lowest BCUT2D eigenvalue weighted by atomic mass is 10.1. The van der Waals surface area contributed by atoms with E-state index in [0.29, 0.717) is 23.4 Å². The van der Waals surface area contributed by atoms with E-state index in [4.69, 9.17) is 4.74 Å². The molecule has 10 heteroatoms. The van der Waals surface area contributed by atoms with Crippen LogP contribution in [-0.4, -0.2) is 66.3 Å². The van der Waals surface area contributed by atoms with Crippen molar-refractivity contribution >= 4 is 5.91 Å². The Morgan fingerprint density at radius 1 is 1.37 bits per heavy atom. The zero-order valence-electron chi connectivity index (χ0n) is 14.6. The van der Waals surface area contributed by atoms with Crippen LogP contribution in [0.3, 0.4) is 0 Å². The minimum Gasteiger partial charge on any atom is -0.394 e. The fourth-order valence-electron chi connectivity index (χ4n) is 3.31. The molecule has 0 bridgehead atoms. The second-order valence-electron chi connectivity index (χ2n) is 6.52. The third-order valence-electron chi connectivity index (χ3n) is 4.74. The SMILES string of the molecule is CC1=CN([C@H]2C[C@H](n3cc(-c4ccccn4)nn3)[C@@H](CO)O2)C(O)NC1=O. The van der Waals surface area contributed by atoms with Gasteiger partial charge in [0.1, 0.15) is 18.0 Å².